The summed E-state index contributed by atoms with van der Waals surface area (Å²) in [6.45, 7) is 1.62. The van der Waals surface area contributed by atoms with Crippen LogP contribution in [0.1, 0.15) is 12.7 Å². The lowest BCUT2D eigenvalue weighted by molar-refractivity contribution is -0.138. The molecule has 0 spiro atoms. The van der Waals surface area contributed by atoms with Gasteiger partial charge in [0, 0.05) is 0 Å². The van der Waals surface area contributed by atoms with Crippen LogP contribution in [-0.4, -0.2) is 42.4 Å². The molecule has 0 saturated carbocycles. The molecule has 2 aromatic heterocycles. The van der Waals surface area contributed by atoms with Crippen LogP contribution >= 0.6 is 11.8 Å². The van der Waals surface area contributed by atoms with Crippen molar-refractivity contribution in [3.8, 4) is 0 Å². The predicted molar refractivity (Wildman–Crippen MR) is 71.3 cm³/mol. The van der Waals surface area contributed by atoms with E-state index in [9.17, 15) is 9.59 Å². The van der Waals surface area contributed by atoms with Gasteiger partial charge in [0.2, 0.25) is 11.1 Å². The Morgan fingerprint density at radius 1 is 1.57 bits per heavy atom. The average Bonchev–Trinajstić information content (AvgIpc) is 3.08. The van der Waals surface area contributed by atoms with Gasteiger partial charge in [-0.2, -0.15) is 0 Å². The van der Waals surface area contributed by atoms with Gasteiger partial charge in [-0.05, 0) is 29.5 Å². The monoisotopic (exact) mass is 311 g/mol. The fourth-order valence-corrected chi connectivity index (χ4v) is 2.26. The first kappa shape index (κ1) is 15.0. The summed E-state index contributed by atoms with van der Waals surface area (Å²) in [4.78, 5) is 22.6. The van der Waals surface area contributed by atoms with E-state index in [1.165, 1.54) is 6.26 Å². The molecule has 1 unspecified atom stereocenters. The van der Waals surface area contributed by atoms with E-state index in [0.717, 1.165) is 16.4 Å². The molecular formula is C11H13N5O4S. The second-order valence-electron chi connectivity index (χ2n) is 4.07. The number of carbonyl (C=O) groups is 2. The minimum absolute atomic E-state index is 0.221. The van der Waals surface area contributed by atoms with Crippen LogP contribution in [0.2, 0.25) is 0 Å². The van der Waals surface area contributed by atoms with Crippen molar-refractivity contribution in [1.82, 2.24) is 25.5 Å². The van der Waals surface area contributed by atoms with Crippen molar-refractivity contribution < 1.29 is 19.1 Å². The minimum Gasteiger partial charge on any atom is -0.480 e. The van der Waals surface area contributed by atoms with E-state index in [1.807, 2.05) is 0 Å². The van der Waals surface area contributed by atoms with Crippen molar-refractivity contribution in [2.24, 2.45) is 0 Å². The fraction of sp³-hybridized carbons (Fsp3) is 0.364. The minimum atomic E-state index is -1.06. The number of carboxylic acids is 1. The lowest BCUT2D eigenvalue weighted by atomic mass is 10.4. The standard InChI is InChI=1S/C11H13N5O4S/c1-7(10(19)12-5-8-3-2-4-20-8)21-11-13-14-15-16(11)6-9(17)18/h2-4,7H,5-6H2,1H3,(H,12,19)(H,17,18). The van der Waals surface area contributed by atoms with Crippen LogP contribution in [0.25, 0.3) is 0 Å². The summed E-state index contributed by atoms with van der Waals surface area (Å²) in [5, 5.41) is 21.9. The van der Waals surface area contributed by atoms with Crippen molar-refractivity contribution in [1.29, 1.82) is 0 Å². The van der Waals surface area contributed by atoms with Gasteiger partial charge in [-0.1, -0.05) is 11.8 Å². The highest BCUT2D eigenvalue weighted by molar-refractivity contribution is 8.00. The Hall–Kier alpha value is -2.36. The molecule has 0 saturated heterocycles. The molecule has 21 heavy (non-hydrogen) atoms. The zero-order valence-corrected chi connectivity index (χ0v) is 11.9. The molecule has 0 aliphatic heterocycles. The predicted octanol–water partition coefficient (Wildman–Crippen LogP) is 0.148. The van der Waals surface area contributed by atoms with Gasteiger partial charge in [-0.3, -0.25) is 9.59 Å². The van der Waals surface area contributed by atoms with Gasteiger partial charge < -0.3 is 14.8 Å². The van der Waals surface area contributed by atoms with Crippen molar-refractivity contribution in [3.63, 3.8) is 0 Å². The van der Waals surface area contributed by atoms with E-state index in [1.54, 1.807) is 19.1 Å². The molecule has 2 heterocycles. The number of rotatable bonds is 7. The Bertz CT molecular complexity index is 612. The van der Waals surface area contributed by atoms with Crippen LogP contribution in [-0.2, 0) is 22.7 Å². The maximum absolute atomic E-state index is 11.9. The molecule has 10 heteroatoms. The highest BCUT2D eigenvalue weighted by Gasteiger charge is 2.19. The molecule has 2 N–H and O–H groups in total. The molecule has 0 radical (unpaired) electrons. The largest absolute Gasteiger partial charge is 0.480 e. The fourth-order valence-electron chi connectivity index (χ4n) is 1.45. The van der Waals surface area contributed by atoms with Gasteiger partial charge in [0.1, 0.15) is 12.3 Å². The van der Waals surface area contributed by atoms with Crippen LogP contribution in [0.15, 0.2) is 28.0 Å². The number of aliphatic carboxylic acids is 1. The molecule has 0 aliphatic rings. The first-order valence-electron chi connectivity index (χ1n) is 6.01. The Morgan fingerprint density at radius 3 is 3.05 bits per heavy atom. The summed E-state index contributed by atoms with van der Waals surface area (Å²) >= 11 is 1.09. The van der Waals surface area contributed by atoms with E-state index < -0.39 is 11.2 Å². The summed E-state index contributed by atoms with van der Waals surface area (Å²) in [5.41, 5.74) is 0. The second-order valence-corrected chi connectivity index (χ2v) is 5.38. The third-order valence-corrected chi connectivity index (χ3v) is 3.52. The SMILES string of the molecule is CC(Sc1nnnn1CC(=O)O)C(=O)NCc1ccco1. The first-order valence-corrected chi connectivity index (χ1v) is 6.89. The number of amides is 1. The number of nitrogens with zero attached hydrogens (tertiary/aromatic N) is 4. The number of nitrogens with one attached hydrogen (secondary N) is 1. The van der Waals surface area contributed by atoms with Gasteiger partial charge in [0.15, 0.2) is 0 Å². The van der Waals surface area contributed by atoms with Crippen molar-refractivity contribution in [2.75, 3.05) is 0 Å². The molecule has 0 fully saturated rings. The summed E-state index contributed by atoms with van der Waals surface area (Å²) in [5.74, 6) is -0.628. The molecule has 0 bridgehead atoms. The Labute approximate surface area is 123 Å². The highest BCUT2D eigenvalue weighted by atomic mass is 32.2. The molecule has 0 aliphatic carbocycles. The molecule has 2 rings (SSSR count). The smallest absolute Gasteiger partial charge is 0.325 e. The quantitative estimate of drug-likeness (QED) is 0.692. The van der Waals surface area contributed by atoms with Crippen LogP contribution in [0, 0.1) is 0 Å². The molecule has 2 aromatic rings. The second kappa shape index (κ2) is 6.88. The van der Waals surface area contributed by atoms with Crippen molar-refractivity contribution >= 4 is 23.6 Å². The zero-order chi connectivity index (χ0) is 15.2. The van der Waals surface area contributed by atoms with Gasteiger partial charge in [-0.25, -0.2) is 4.68 Å². The van der Waals surface area contributed by atoms with Crippen LogP contribution in [0.3, 0.4) is 0 Å². The maximum Gasteiger partial charge on any atom is 0.325 e. The zero-order valence-electron chi connectivity index (χ0n) is 11.1. The number of hydrogen-bond acceptors (Lipinski definition) is 7. The molecule has 112 valence electrons. The normalized spacial score (nSPS) is 12.0. The van der Waals surface area contributed by atoms with Gasteiger partial charge in [0.25, 0.3) is 0 Å². The van der Waals surface area contributed by atoms with Gasteiger partial charge in [0.05, 0.1) is 18.1 Å². The van der Waals surface area contributed by atoms with Crippen LogP contribution in [0.5, 0.6) is 0 Å². The van der Waals surface area contributed by atoms with Crippen LogP contribution in [0.4, 0.5) is 0 Å². The summed E-state index contributed by atoms with van der Waals surface area (Å²) < 4.78 is 6.24. The molecular weight excluding hydrogens is 298 g/mol. The molecule has 0 aromatic carbocycles. The van der Waals surface area contributed by atoms with Crippen molar-refractivity contribution in [2.45, 2.75) is 30.4 Å². The molecule has 1 amide bonds. The summed E-state index contributed by atoms with van der Waals surface area (Å²) in [6, 6.07) is 3.49. The van der Waals surface area contributed by atoms with Gasteiger partial charge in [-0.15, -0.1) is 5.10 Å². The number of thioether (sulfide) groups is 1. The lowest BCUT2D eigenvalue weighted by Crippen LogP contribution is -2.30. The Morgan fingerprint density at radius 2 is 2.38 bits per heavy atom. The maximum atomic E-state index is 11.9. The lowest BCUT2D eigenvalue weighted by Gasteiger charge is -2.10. The number of carboxylic acid groups (broad SMARTS) is 1. The average molecular weight is 311 g/mol. The topological polar surface area (TPSA) is 123 Å². The molecule has 1 atom stereocenters. The number of furan rings is 1. The Balaban J connectivity index is 1.88. The van der Waals surface area contributed by atoms with Crippen molar-refractivity contribution in [3.05, 3.63) is 24.2 Å². The van der Waals surface area contributed by atoms with E-state index >= 15 is 0 Å². The van der Waals surface area contributed by atoms with E-state index in [0.29, 0.717) is 5.76 Å². The number of tetrazole rings is 1. The third-order valence-electron chi connectivity index (χ3n) is 2.45. The van der Waals surface area contributed by atoms with E-state index in [2.05, 4.69) is 20.8 Å². The number of hydrogen-bond donors (Lipinski definition) is 2. The number of carbonyl (C=O) groups excluding carboxylic acids is 1. The third kappa shape index (κ3) is 4.31. The van der Waals surface area contributed by atoms with Gasteiger partial charge >= 0.3 is 5.97 Å². The first-order chi connectivity index (χ1) is 10.1. The highest BCUT2D eigenvalue weighted by Crippen LogP contribution is 2.20. The number of aromatic nitrogens is 4. The van der Waals surface area contributed by atoms with E-state index in [4.69, 9.17) is 9.52 Å². The summed E-state index contributed by atoms with van der Waals surface area (Å²) in [6.07, 6.45) is 1.53. The van der Waals surface area contributed by atoms with E-state index in [-0.39, 0.29) is 24.2 Å². The Kier molecular flexibility index (Phi) is 4.93. The molecule has 9 nitrogen and oxygen atoms in total. The summed E-state index contributed by atoms with van der Waals surface area (Å²) in [7, 11) is 0. The van der Waals surface area contributed by atoms with Crippen LogP contribution < -0.4 is 5.32 Å².